The zero-order valence-corrected chi connectivity index (χ0v) is 22.7. The molecule has 1 saturated carbocycles. The number of rotatable bonds is 16. The third kappa shape index (κ3) is 10.9. The number of hydrogen-bond acceptors (Lipinski definition) is 6. The van der Waals surface area contributed by atoms with Crippen LogP contribution >= 0.6 is 0 Å². The molecular formula is C27H45N9O3. The molecule has 0 saturated heterocycles. The van der Waals surface area contributed by atoms with Gasteiger partial charge in [0.15, 0.2) is 5.96 Å². The highest BCUT2D eigenvalue weighted by atomic mass is 16.2. The summed E-state index contributed by atoms with van der Waals surface area (Å²) in [5.41, 5.74) is 29.0. The molecule has 12 nitrogen and oxygen atoms in total. The number of carbonyl (C=O) groups excluding carboxylic acids is 3. The van der Waals surface area contributed by atoms with Crippen LogP contribution in [-0.4, -0.2) is 54.7 Å². The van der Waals surface area contributed by atoms with Crippen molar-refractivity contribution in [3.63, 3.8) is 0 Å². The summed E-state index contributed by atoms with van der Waals surface area (Å²) < 4.78 is 0. The summed E-state index contributed by atoms with van der Waals surface area (Å²) in [5.74, 6) is -1.55. The number of benzene rings is 1. The Bertz CT molecular complexity index is 987. The first kappa shape index (κ1) is 31.5. The lowest BCUT2D eigenvalue weighted by molar-refractivity contribution is -0.134. The van der Waals surface area contributed by atoms with Crippen molar-refractivity contribution < 1.29 is 14.4 Å². The molecule has 0 radical (unpaired) electrons. The van der Waals surface area contributed by atoms with Crippen LogP contribution in [0.25, 0.3) is 0 Å². The molecule has 1 aromatic carbocycles. The molecule has 1 aromatic rings. The van der Waals surface area contributed by atoms with Gasteiger partial charge in [0.1, 0.15) is 17.9 Å². The van der Waals surface area contributed by atoms with E-state index in [1.807, 2.05) is 12.1 Å². The lowest BCUT2D eigenvalue weighted by Crippen LogP contribution is -2.54. The van der Waals surface area contributed by atoms with Gasteiger partial charge in [-0.2, -0.15) is 0 Å². The second kappa shape index (κ2) is 16.3. The van der Waals surface area contributed by atoms with E-state index in [2.05, 4.69) is 15.6 Å². The Balaban J connectivity index is 2.16. The molecule has 1 aliphatic carbocycles. The molecule has 39 heavy (non-hydrogen) atoms. The minimum absolute atomic E-state index is 0.0117. The van der Waals surface area contributed by atoms with Gasteiger partial charge >= 0.3 is 0 Å². The van der Waals surface area contributed by atoms with Crippen LogP contribution < -0.4 is 39.3 Å². The van der Waals surface area contributed by atoms with E-state index in [1.165, 1.54) is 0 Å². The van der Waals surface area contributed by atoms with Crippen LogP contribution in [-0.2, 0) is 20.8 Å². The van der Waals surface area contributed by atoms with Crippen molar-refractivity contribution in [2.45, 2.75) is 76.3 Å². The summed E-state index contributed by atoms with van der Waals surface area (Å²) >= 11 is 0. The monoisotopic (exact) mass is 543 g/mol. The Morgan fingerprint density at radius 2 is 1.51 bits per heavy atom. The number of aliphatic imine (C=N–C) groups is 1. The SMILES string of the molecule is N=C(N)c1ccc(C[C@H](C(=O)N[C@@H](CCCN)C(=O)NC(CCCN=C(N)N)C(N)=O)C2CCCCC2)cc1. The van der Waals surface area contributed by atoms with E-state index in [4.69, 9.17) is 34.1 Å². The quantitative estimate of drug-likeness (QED) is 0.0802. The number of amidine groups is 1. The highest BCUT2D eigenvalue weighted by molar-refractivity contribution is 5.95. The van der Waals surface area contributed by atoms with E-state index in [1.54, 1.807) is 12.1 Å². The van der Waals surface area contributed by atoms with E-state index < -0.39 is 23.9 Å². The molecule has 12 heteroatoms. The third-order valence-electron chi connectivity index (χ3n) is 7.21. The second-order valence-corrected chi connectivity index (χ2v) is 10.2. The smallest absolute Gasteiger partial charge is 0.243 e. The van der Waals surface area contributed by atoms with Crippen LogP contribution in [0, 0.1) is 17.2 Å². The predicted octanol–water partition coefficient (Wildman–Crippen LogP) is -0.0429. The maximum absolute atomic E-state index is 13.7. The summed E-state index contributed by atoms with van der Waals surface area (Å²) in [6, 6.07) is 5.56. The first-order valence-electron chi connectivity index (χ1n) is 13.7. The van der Waals surface area contributed by atoms with Crippen molar-refractivity contribution in [1.82, 2.24) is 10.6 Å². The minimum atomic E-state index is -0.919. The molecule has 13 N–H and O–H groups in total. The first-order chi connectivity index (χ1) is 18.6. The molecule has 3 atom stereocenters. The average molecular weight is 544 g/mol. The number of amides is 3. The van der Waals surface area contributed by atoms with Crippen molar-refractivity contribution in [2.75, 3.05) is 13.1 Å². The van der Waals surface area contributed by atoms with Gasteiger partial charge in [0.25, 0.3) is 0 Å². The van der Waals surface area contributed by atoms with E-state index in [-0.39, 0.29) is 36.0 Å². The van der Waals surface area contributed by atoms with Crippen LogP contribution in [0.2, 0.25) is 0 Å². The highest BCUT2D eigenvalue weighted by Crippen LogP contribution is 2.32. The van der Waals surface area contributed by atoms with Gasteiger partial charge in [0, 0.05) is 18.0 Å². The summed E-state index contributed by atoms with van der Waals surface area (Å²) in [6.07, 6.45) is 7.23. The van der Waals surface area contributed by atoms with Crippen LogP contribution in [0.4, 0.5) is 0 Å². The molecule has 0 aliphatic heterocycles. The number of nitrogens with two attached hydrogens (primary N) is 5. The molecular weight excluding hydrogens is 498 g/mol. The van der Waals surface area contributed by atoms with E-state index in [0.29, 0.717) is 44.3 Å². The molecule has 1 aliphatic rings. The van der Waals surface area contributed by atoms with Crippen LogP contribution in [0.15, 0.2) is 29.3 Å². The highest BCUT2D eigenvalue weighted by Gasteiger charge is 2.33. The van der Waals surface area contributed by atoms with E-state index in [0.717, 1.165) is 37.7 Å². The maximum Gasteiger partial charge on any atom is 0.243 e. The minimum Gasteiger partial charge on any atom is -0.384 e. The largest absolute Gasteiger partial charge is 0.384 e. The molecule has 0 heterocycles. The van der Waals surface area contributed by atoms with Crippen LogP contribution in [0.5, 0.6) is 0 Å². The number of primary amides is 1. The lowest BCUT2D eigenvalue weighted by atomic mass is 9.76. The summed E-state index contributed by atoms with van der Waals surface area (Å²) in [6.45, 7) is 0.651. The van der Waals surface area contributed by atoms with Gasteiger partial charge in [0.05, 0.1) is 0 Å². The molecule has 3 amide bonds. The zero-order chi connectivity index (χ0) is 28.8. The average Bonchev–Trinajstić information content (AvgIpc) is 2.91. The van der Waals surface area contributed by atoms with Gasteiger partial charge in [-0.15, -0.1) is 0 Å². The fourth-order valence-corrected chi connectivity index (χ4v) is 5.02. The number of carbonyl (C=O) groups is 3. The Morgan fingerprint density at radius 3 is 2.08 bits per heavy atom. The van der Waals surface area contributed by atoms with Gasteiger partial charge in [-0.05, 0) is 63.0 Å². The predicted molar refractivity (Wildman–Crippen MR) is 152 cm³/mol. The Labute approximate surface area is 230 Å². The number of nitrogen functional groups attached to an aromatic ring is 1. The van der Waals surface area contributed by atoms with Crippen molar-refractivity contribution in [3.05, 3.63) is 35.4 Å². The third-order valence-corrected chi connectivity index (χ3v) is 7.21. The van der Waals surface area contributed by atoms with Crippen molar-refractivity contribution in [3.8, 4) is 0 Å². The van der Waals surface area contributed by atoms with E-state index in [9.17, 15) is 14.4 Å². The molecule has 2 rings (SSSR count). The summed E-state index contributed by atoms with van der Waals surface area (Å²) in [4.78, 5) is 42.8. The fraction of sp³-hybridized carbons (Fsp3) is 0.593. The van der Waals surface area contributed by atoms with Gasteiger partial charge in [-0.25, -0.2) is 0 Å². The zero-order valence-electron chi connectivity index (χ0n) is 22.7. The van der Waals surface area contributed by atoms with Gasteiger partial charge in [-0.3, -0.25) is 24.8 Å². The maximum atomic E-state index is 13.7. The normalized spacial score (nSPS) is 15.9. The molecule has 0 bridgehead atoms. The standard InChI is InChI=1S/C27H45N9O3/c28-14-4-8-22(26(39)35-21(24(31)37)9-5-15-34-27(32)33)36-25(38)20(18-6-2-1-3-7-18)16-17-10-12-19(13-11-17)23(29)30/h10-13,18,20-22H,1-9,14-16,28H2,(H3,29,30)(H2,31,37)(H,35,39)(H,36,38)(H4,32,33,34)/t20-,21?,22-/m0/s1. The topological polar surface area (TPSA) is 242 Å². The van der Waals surface area contributed by atoms with Crippen molar-refractivity contribution in [2.24, 2.45) is 45.5 Å². The Hall–Kier alpha value is -3.67. The van der Waals surface area contributed by atoms with Gasteiger partial charge in [-0.1, -0.05) is 43.5 Å². The number of hydrogen-bond donors (Lipinski definition) is 8. The fourth-order valence-electron chi connectivity index (χ4n) is 5.02. The molecule has 1 unspecified atom stereocenters. The van der Waals surface area contributed by atoms with Crippen molar-refractivity contribution in [1.29, 1.82) is 5.41 Å². The molecule has 1 fully saturated rings. The summed E-state index contributed by atoms with van der Waals surface area (Å²) in [7, 11) is 0. The van der Waals surface area contributed by atoms with Crippen LogP contribution in [0.3, 0.4) is 0 Å². The van der Waals surface area contributed by atoms with E-state index >= 15 is 0 Å². The first-order valence-corrected chi connectivity index (χ1v) is 13.7. The lowest BCUT2D eigenvalue weighted by Gasteiger charge is -2.31. The summed E-state index contributed by atoms with van der Waals surface area (Å²) in [5, 5.41) is 13.3. The number of nitrogens with zero attached hydrogens (tertiary/aromatic N) is 1. The molecule has 0 aromatic heterocycles. The second-order valence-electron chi connectivity index (χ2n) is 10.2. The Kier molecular flexibility index (Phi) is 13.2. The van der Waals surface area contributed by atoms with Crippen LogP contribution in [0.1, 0.15) is 68.9 Å². The number of nitrogens with one attached hydrogen (secondary N) is 3. The van der Waals surface area contributed by atoms with Gasteiger partial charge in [0.2, 0.25) is 17.7 Å². The Morgan fingerprint density at radius 1 is 0.897 bits per heavy atom. The number of guanidine groups is 1. The van der Waals surface area contributed by atoms with Gasteiger partial charge < -0.3 is 39.3 Å². The van der Waals surface area contributed by atoms with Crippen molar-refractivity contribution >= 4 is 29.5 Å². The molecule has 0 spiro atoms. The molecule has 216 valence electrons.